The molecule has 2 aromatic rings. The average Bonchev–Trinajstić information content (AvgIpc) is 3.41. The maximum atomic E-state index is 15.5. The van der Waals surface area contributed by atoms with Crippen molar-refractivity contribution in [3.8, 4) is 11.1 Å². The molecule has 2 N–H and O–H groups in total. The van der Waals surface area contributed by atoms with E-state index >= 15 is 8.78 Å². The minimum atomic E-state index is -1.17. The second-order valence-electron chi connectivity index (χ2n) is 7.36. The maximum absolute atomic E-state index is 15.5. The smallest absolute Gasteiger partial charge is 0.307 e. The Bertz CT molecular complexity index is 899. The van der Waals surface area contributed by atoms with Crippen molar-refractivity contribution in [3.05, 3.63) is 57.9 Å². The summed E-state index contributed by atoms with van der Waals surface area (Å²) in [5.74, 6) is -2.52. The van der Waals surface area contributed by atoms with Gasteiger partial charge in [-0.3, -0.25) is 4.79 Å². The number of ether oxygens (including phenoxy) is 1. The van der Waals surface area contributed by atoms with Crippen molar-refractivity contribution < 1.29 is 22.7 Å². The summed E-state index contributed by atoms with van der Waals surface area (Å²) in [5, 5.41) is 0. The van der Waals surface area contributed by atoms with Gasteiger partial charge in [0.1, 0.15) is 17.5 Å². The van der Waals surface area contributed by atoms with Crippen LogP contribution in [0.25, 0.3) is 11.1 Å². The lowest BCUT2D eigenvalue weighted by molar-refractivity contribution is -0.143. The first-order valence-corrected chi connectivity index (χ1v) is 9.44. The predicted molar refractivity (Wildman–Crippen MR) is 101 cm³/mol. The number of benzene rings is 2. The van der Waals surface area contributed by atoms with Crippen LogP contribution >= 0.6 is 0 Å². The van der Waals surface area contributed by atoms with Gasteiger partial charge in [-0.1, -0.05) is 0 Å². The van der Waals surface area contributed by atoms with Gasteiger partial charge in [-0.2, -0.15) is 0 Å². The third kappa shape index (κ3) is 3.92. The maximum Gasteiger partial charge on any atom is 0.307 e. The van der Waals surface area contributed by atoms with E-state index in [0.29, 0.717) is 22.3 Å². The molecule has 1 aliphatic carbocycles. The zero-order valence-electron chi connectivity index (χ0n) is 16.2. The zero-order chi connectivity index (χ0) is 20.6. The number of carbonyl (C=O) groups is 1. The van der Waals surface area contributed by atoms with Gasteiger partial charge in [0.2, 0.25) is 0 Å². The Kier molecular flexibility index (Phi) is 5.79. The summed E-state index contributed by atoms with van der Waals surface area (Å²) in [6.07, 6.45) is 1.31. The third-order valence-electron chi connectivity index (χ3n) is 5.11. The summed E-state index contributed by atoms with van der Waals surface area (Å²) in [4.78, 5) is 11.8. The molecule has 1 atom stereocenters. The van der Waals surface area contributed by atoms with E-state index in [9.17, 15) is 9.18 Å². The quantitative estimate of drug-likeness (QED) is 0.687. The highest BCUT2D eigenvalue weighted by molar-refractivity contribution is 5.74. The Hall–Kier alpha value is -2.34. The molecule has 150 valence electrons. The molecule has 0 amide bonds. The van der Waals surface area contributed by atoms with Crippen LogP contribution in [0.3, 0.4) is 0 Å². The molecular formula is C22H24F3NO2. The van der Waals surface area contributed by atoms with Gasteiger partial charge in [0.15, 0.2) is 0 Å². The molecule has 0 spiro atoms. The van der Waals surface area contributed by atoms with Crippen LogP contribution < -0.4 is 5.73 Å². The van der Waals surface area contributed by atoms with E-state index < -0.39 is 29.5 Å². The fourth-order valence-electron chi connectivity index (χ4n) is 3.72. The molecule has 0 radical (unpaired) electrons. The Morgan fingerprint density at radius 3 is 2.29 bits per heavy atom. The first kappa shape index (κ1) is 20.4. The van der Waals surface area contributed by atoms with Crippen molar-refractivity contribution in [2.75, 3.05) is 6.61 Å². The standard InChI is InChI=1S/C22H24F3NO2/c1-4-28-18(27)10-17(26)20-21(24)15(13-5-6-13)9-16(22(20)25)19-11(2)7-14(23)8-12(19)3/h7-9,13,17H,4-6,10,26H2,1-3H3. The summed E-state index contributed by atoms with van der Waals surface area (Å²) in [6, 6.07) is 2.98. The van der Waals surface area contributed by atoms with Gasteiger partial charge in [0.25, 0.3) is 0 Å². The molecule has 1 aliphatic rings. The number of halogens is 3. The molecule has 0 aromatic heterocycles. The molecular weight excluding hydrogens is 367 g/mol. The Morgan fingerprint density at radius 1 is 1.14 bits per heavy atom. The van der Waals surface area contributed by atoms with E-state index in [-0.39, 0.29) is 30.1 Å². The van der Waals surface area contributed by atoms with Gasteiger partial charge in [-0.05, 0) is 80.0 Å². The van der Waals surface area contributed by atoms with Crippen molar-refractivity contribution in [3.63, 3.8) is 0 Å². The number of carbonyl (C=O) groups excluding carboxylic acids is 1. The summed E-state index contributed by atoms with van der Waals surface area (Å²) in [6.45, 7) is 5.18. The third-order valence-corrected chi connectivity index (χ3v) is 5.11. The Labute approximate surface area is 162 Å². The lowest BCUT2D eigenvalue weighted by Crippen LogP contribution is -2.21. The largest absolute Gasteiger partial charge is 0.466 e. The highest BCUT2D eigenvalue weighted by Crippen LogP contribution is 2.46. The highest BCUT2D eigenvalue weighted by Gasteiger charge is 2.33. The molecule has 0 heterocycles. The van der Waals surface area contributed by atoms with Crippen LogP contribution in [0.1, 0.15) is 60.4 Å². The van der Waals surface area contributed by atoms with Crippen LogP contribution in [0.2, 0.25) is 0 Å². The molecule has 2 aromatic carbocycles. The van der Waals surface area contributed by atoms with E-state index in [1.165, 1.54) is 18.2 Å². The number of nitrogens with two attached hydrogens (primary N) is 1. The number of aryl methyl sites for hydroxylation is 2. The van der Waals surface area contributed by atoms with Gasteiger partial charge < -0.3 is 10.5 Å². The number of rotatable bonds is 6. The molecule has 1 fully saturated rings. The van der Waals surface area contributed by atoms with E-state index in [2.05, 4.69) is 0 Å². The summed E-state index contributed by atoms with van der Waals surface area (Å²) in [5.41, 5.74) is 7.92. The van der Waals surface area contributed by atoms with Crippen LogP contribution in [0.4, 0.5) is 13.2 Å². The minimum Gasteiger partial charge on any atom is -0.466 e. The van der Waals surface area contributed by atoms with Crippen LogP contribution in [0.5, 0.6) is 0 Å². The average molecular weight is 391 g/mol. The van der Waals surface area contributed by atoms with Crippen molar-refractivity contribution in [1.29, 1.82) is 0 Å². The molecule has 28 heavy (non-hydrogen) atoms. The van der Waals surface area contributed by atoms with Gasteiger partial charge in [0.05, 0.1) is 13.0 Å². The van der Waals surface area contributed by atoms with Gasteiger partial charge in [-0.25, -0.2) is 13.2 Å². The molecule has 0 aliphatic heterocycles. The number of hydrogen-bond donors (Lipinski definition) is 1. The van der Waals surface area contributed by atoms with Gasteiger partial charge in [-0.15, -0.1) is 0 Å². The molecule has 3 rings (SSSR count). The van der Waals surface area contributed by atoms with Crippen LogP contribution in [0.15, 0.2) is 18.2 Å². The van der Waals surface area contributed by atoms with Crippen LogP contribution in [-0.4, -0.2) is 12.6 Å². The van der Waals surface area contributed by atoms with Gasteiger partial charge >= 0.3 is 5.97 Å². The van der Waals surface area contributed by atoms with Crippen molar-refractivity contribution in [2.24, 2.45) is 5.73 Å². The molecule has 1 saturated carbocycles. The predicted octanol–water partition coefficient (Wildman–Crippen LogP) is 5.22. The van der Waals surface area contributed by atoms with Gasteiger partial charge in [0, 0.05) is 17.2 Å². The van der Waals surface area contributed by atoms with E-state index in [1.54, 1.807) is 20.8 Å². The molecule has 0 bridgehead atoms. The summed E-state index contributed by atoms with van der Waals surface area (Å²) >= 11 is 0. The highest BCUT2D eigenvalue weighted by atomic mass is 19.1. The lowest BCUT2D eigenvalue weighted by atomic mass is 9.88. The van der Waals surface area contributed by atoms with E-state index in [4.69, 9.17) is 10.5 Å². The summed E-state index contributed by atoms with van der Waals surface area (Å²) in [7, 11) is 0. The van der Waals surface area contributed by atoms with Crippen molar-refractivity contribution in [2.45, 2.75) is 52.0 Å². The lowest BCUT2D eigenvalue weighted by Gasteiger charge is -2.20. The fraction of sp³-hybridized carbons (Fsp3) is 0.409. The molecule has 1 unspecified atom stereocenters. The molecule has 0 saturated heterocycles. The Balaban J connectivity index is 2.17. The van der Waals surface area contributed by atoms with E-state index in [1.807, 2.05) is 0 Å². The SMILES string of the molecule is CCOC(=O)CC(N)c1c(F)c(-c2c(C)cc(F)cc2C)cc(C2CC2)c1F. The second-order valence-corrected chi connectivity index (χ2v) is 7.36. The van der Waals surface area contributed by atoms with Crippen molar-refractivity contribution in [1.82, 2.24) is 0 Å². The van der Waals surface area contributed by atoms with Crippen LogP contribution in [0, 0.1) is 31.3 Å². The first-order chi connectivity index (χ1) is 13.2. The van der Waals surface area contributed by atoms with Crippen LogP contribution in [-0.2, 0) is 9.53 Å². The normalized spacial score (nSPS) is 14.8. The fourth-order valence-corrected chi connectivity index (χ4v) is 3.72. The topological polar surface area (TPSA) is 52.3 Å². The summed E-state index contributed by atoms with van der Waals surface area (Å²) < 4.78 is 49.2. The minimum absolute atomic E-state index is 0.00829. The molecule has 3 nitrogen and oxygen atoms in total. The van der Waals surface area contributed by atoms with E-state index in [0.717, 1.165) is 12.8 Å². The number of esters is 1. The second kappa shape index (κ2) is 7.95. The number of hydrogen-bond acceptors (Lipinski definition) is 3. The zero-order valence-corrected chi connectivity index (χ0v) is 16.2. The molecule has 6 heteroatoms. The van der Waals surface area contributed by atoms with Crippen molar-refractivity contribution >= 4 is 5.97 Å². The first-order valence-electron chi connectivity index (χ1n) is 9.44. The Morgan fingerprint density at radius 2 is 1.75 bits per heavy atom. The monoisotopic (exact) mass is 391 g/mol.